The number of nitrogens with one attached hydrogen (secondary N) is 2. The molecule has 6 heteroatoms. The quantitative estimate of drug-likeness (QED) is 0.641. The largest absolute Gasteiger partial charge is 0.444 e. The molecule has 1 rings (SSSR count). The first kappa shape index (κ1) is 19.8. The first-order chi connectivity index (χ1) is 11.2. The summed E-state index contributed by atoms with van der Waals surface area (Å²) in [5.74, 6) is 0.703. The van der Waals surface area contributed by atoms with Crippen LogP contribution in [0.5, 0.6) is 0 Å². The van der Waals surface area contributed by atoms with Crippen molar-refractivity contribution in [2.24, 2.45) is 4.99 Å². The van der Waals surface area contributed by atoms with Gasteiger partial charge in [-0.15, -0.1) is 0 Å². The van der Waals surface area contributed by atoms with Crippen molar-refractivity contribution in [2.45, 2.75) is 39.8 Å². The highest BCUT2D eigenvalue weighted by atomic mass is 16.6. The topological polar surface area (TPSA) is 66.0 Å². The molecule has 1 aromatic carbocycles. The monoisotopic (exact) mass is 334 g/mol. The van der Waals surface area contributed by atoms with Gasteiger partial charge in [-0.25, -0.2) is 4.79 Å². The Balaban J connectivity index is 2.35. The van der Waals surface area contributed by atoms with Gasteiger partial charge in [0.1, 0.15) is 5.60 Å². The summed E-state index contributed by atoms with van der Waals surface area (Å²) in [5, 5.41) is 6.45. The van der Waals surface area contributed by atoms with Gasteiger partial charge in [-0.3, -0.25) is 4.99 Å². The van der Waals surface area contributed by atoms with Crippen LogP contribution in [0.15, 0.2) is 29.3 Å². The van der Waals surface area contributed by atoms with Crippen LogP contribution in [-0.2, 0) is 11.3 Å². The highest BCUT2D eigenvalue weighted by molar-refractivity contribution is 5.79. The van der Waals surface area contributed by atoms with Crippen LogP contribution in [0.2, 0.25) is 0 Å². The number of nitrogens with zero attached hydrogens (tertiary/aromatic N) is 2. The van der Waals surface area contributed by atoms with Crippen LogP contribution in [0.1, 0.15) is 31.9 Å². The van der Waals surface area contributed by atoms with Crippen molar-refractivity contribution in [1.82, 2.24) is 15.5 Å². The molecule has 0 fully saturated rings. The summed E-state index contributed by atoms with van der Waals surface area (Å²) in [6.07, 6.45) is -0.327. The van der Waals surface area contributed by atoms with Crippen LogP contribution in [0.4, 0.5) is 4.79 Å². The molecule has 1 amide bonds. The summed E-state index contributed by atoms with van der Waals surface area (Å²) in [7, 11) is 3.45. The lowest BCUT2D eigenvalue weighted by molar-refractivity contribution is 0.0302. The second-order valence-corrected chi connectivity index (χ2v) is 6.74. The highest BCUT2D eigenvalue weighted by Crippen LogP contribution is 2.08. The summed E-state index contributed by atoms with van der Waals surface area (Å²) in [6.45, 7) is 9.45. The van der Waals surface area contributed by atoms with Crippen molar-refractivity contribution in [2.75, 3.05) is 27.2 Å². The number of guanidine groups is 1. The maximum atomic E-state index is 11.9. The van der Waals surface area contributed by atoms with Gasteiger partial charge in [0.2, 0.25) is 0 Å². The molecule has 0 spiro atoms. The van der Waals surface area contributed by atoms with E-state index in [1.54, 1.807) is 19.0 Å². The maximum absolute atomic E-state index is 11.9. The predicted octanol–water partition coefficient (Wildman–Crippen LogP) is 2.53. The lowest BCUT2D eigenvalue weighted by atomic mass is 10.1. The minimum atomic E-state index is -0.482. The fourth-order valence-electron chi connectivity index (χ4n) is 2.00. The van der Waals surface area contributed by atoms with Gasteiger partial charge >= 0.3 is 6.09 Å². The Labute approximate surface area is 145 Å². The highest BCUT2D eigenvalue weighted by Gasteiger charge is 2.19. The normalized spacial score (nSPS) is 11.8. The Morgan fingerprint density at radius 1 is 1.29 bits per heavy atom. The maximum Gasteiger partial charge on any atom is 0.410 e. The van der Waals surface area contributed by atoms with E-state index in [4.69, 9.17) is 4.74 Å². The minimum Gasteiger partial charge on any atom is -0.444 e. The molecule has 0 unspecified atom stereocenters. The van der Waals surface area contributed by atoms with Crippen molar-refractivity contribution in [3.8, 4) is 0 Å². The van der Waals surface area contributed by atoms with Crippen molar-refractivity contribution in [3.05, 3.63) is 35.4 Å². The van der Waals surface area contributed by atoms with Crippen LogP contribution >= 0.6 is 0 Å². The van der Waals surface area contributed by atoms with E-state index in [0.29, 0.717) is 25.6 Å². The zero-order valence-corrected chi connectivity index (χ0v) is 15.6. The van der Waals surface area contributed by atoms with E-state index >= 15 is 0 Å². The van der Waals surface area contributed by atoms with E-state index in [0.717, 1.165) is 0 Å². The molecule has 0 atom stereocenters. The molecule has 0 aliphatic rings. The summed E-state index contributed by atoms with van der Waals surface area (Å²) in [5.41, 5.74) is 1.95. The third-order valence-electron chi connectivity index (χ3n) is 3.21. The van der Waals surface area contributed by atoms with Crippen molar-refractivity contribution < 1.29 is 9.53 Å². The first-order valence-electron chi connectivity index (χ1n) is 8.15. The van der Waals surface area contributed by atoms with E-state index in [2.05, 4.69) is 40.7 Å². The number of aliphatic imine (C=N–C) groups is 1. The van der Waals surface area contributed by atoms with E-state index in [9.17, 15) is 4.79 Å². The van der Waals surface area contributed by atoms with Gasteiger partial charge < -0.3 is 20.3 Å². The number of likely N-dealkylation sites (N-methyl/N-ethyl adjacent to an activating group) is 1. The van der Waals surface area contributed by atoms with Gasteiger partial charge in [-0.2, -0.15) is 0 Å². The molecular formula is C18H30N4O2. The average molecular weight is 334 g/mol. The Morgan fingerprint density at radius 3 is 2.58 bits per heavy atom. The van der Waals surface area contributed by atoms with Gasteiger partial charge in [0.05, 0.1) is 0 Å². The van der Waals surface area contributed by atoms with E-state index in [1.807, 2.05) is 26.8 Å². The first-order valence-corrected chi connectivity index (χ1v) is 8.15. The number of hydrogen-bond donors (Lipinski definition) is 2. The summed E-state index contributed by atoms with van der Waals surface area (Å²) in [6, 6.07) is 8.32. The molecule has 0 saturated carbocycles. The van der Waals surface area contributed by atoms with Gasteiger partial charge in [-0.1, -0.05) is 29.8 Å². The lowest BCUT2D eigenvalue weighted by Crippen LogP contribution is -2.42. The molecule has 0 aromatic heterocycles. The lowest BCUT2D eigenvalue weighted by Gasteiger charge is -2.24. The number of aryl methyl sites for hydroxylation is 1. The Kier molecular flexibility index (Phi) is 7.55. The van der Waals surface area contributed by atoms with Crippen LogP contribution in [0.3, 0.4) is 0 Å². The van der Waals surface area contributed by atoms with Crippen molar-refractivity contribution in [3.63, 3.8) is 0 Å². The van der Waals surface area contributed by atoms with Crippen LogP contribution in [0, 0.1) is 6.92 Å². The Hall–Kier alpha value is -2.24. The number of hydrogen-bond acceptors (Lipinski definition) is 3. The van der Waals surface area contributed by atoms with Crippen LogP contribution in [0.25, 0.3) is 0 Å². The molecule has 0 radical (unpaired) electrons. The predicted molar refractivity (Wildman–Crippen MR) is 98.2 cm³/mol. The number of benzene rings is 1. The third kappa shape index (κ3) is 7.85. The minimum absolute atomic E-state index is 0.327. The fraction of sp³-hybridized carbons (Fsp3) is 0.556. The second kappa shape index (κ2) is 9.15. The third-order valence-corrected chi connectivity index (χ3v) is 3.21. The van der Waals surface area contributed by atoms with E-state index in [-0.39, 0.29) is 6.09 Å². The van der Waals surface area contributed by atoms with Crippen molar-refractivity contribution in [1.29, 1.82) is 0 Å². The molecule has 134 valence electrons. The average Bonchev–Trinajstić information content (AvgIpc) is 2.48. The van der Waals surface area contributed by atoms with Gasteiger partial charge in [0.15, 0.2) is 5.96 Å². The summed E-state index contributed by atoms with van der Waals surface area (Å²) in [4.78, 5) is 17.6. The number of rotatable bonds is 5. The molecule has 6 nitrogen and oxygen atoms in total. The molecule has 0 aliphatic carbocycles. The van der Waals surface area contributed by atoms with Crippen LogP contribution < -0.4 is 10.6 Å². The zero-order chi connectivity index (χ0) is 18.2. The van der Waals surface area contributed by atoms with Gasteiger partial charge in [-0.05, 0) is 33.3 Å². The van der Waals surface area contributed by atoms with Gasteiger partial charge in [0, 0.05) is 33.7 Å². The molecule has 1 aromatic rings. The number of amides is 1. The molecule has 0 aliphatic heterocycles. The van der Waals surface area contributed by atoms with Gasteiger partial charge in [0.25, 0.3) is 0 Å². The fourth-order valence-corrected chi connectivity index (χ4v) is 2.00. The standard InChI is InChI=1S/C18H30N4O2/c1-14-8-7-9-15(12-14)13-21-16(19-5)20-10-11-22(6)17(23)24-18(2,3)4/h7-9,12H,10-11,13H2,1-6H3,(H2,19,20,21). The second-order valence-electron chi connectivity index (χ2n) is 6.74. The molecule has 0 heterocycles. The molecule has 0 bridgehead atoms. The number of carbonyl (C=O) groups excluding carboxylic acids is 1. The number of ether oxygens (including phenoxy) is 1. The molecule has 0 saturated heterocycles. The van der Waals surface area contributed by atoms with Crippen molar-refractivity contribution >= 4 is 12.1 Å². The van der Waals surface area contributed by atoms with E-state index < -0.39 is 5.60 Å². The summed E-state index contributed by atoms with van der Waals surface area (Å²) >= 11 is 0. The molecule has 2 N–H and O–H groups in total. The SMILES string of the molecule is CN=C(NCCN(C)C(=O)OC(C)(C)C)NCc1cccc(C)c1. The Morgan fingerprint density at radius 2 is 2.00 bits per heavy atom. The smallest absolute Gasteiger partial charge is 0.410 e. The van der Waals surface area contributed by atoms with E-state index in [1.165, 1.54) is 11.1 Å². The zero-order valence-electron chi connectivity index (χ0n) is 15.6. The molecular weight excluding hydrogens is 304 g/mol. The summed E-state index contributed by atoms with van der Waals surface area (Å²) < 4.78 is 5.31. The number of carbonyl (C=O) groups is 1. The molecule has 24 heavy (non-hydrogen) atoms. The van der Waals surface area contributed by atoms with Crippen LogP contribution in [-0.4, -0.2) is 49.7 Å². The Bertz CT molecular complexity index is 564.